The molecule has 2 fully saturated rings. The van der Waals surface area contributed by atoms with Gasteiger partial charge in [0.1, 0.15) is 0 Å². The summed E-state index contributed by atoms with van der Waals surface area (Å²) in [7, 11) is 3.69. The SMILES string of the molecule is CNC(=S)C1(c2cnc3ccccc3c2)CCCCC1=NN1CCC[C@H]1COC. The molecule has 1 aromatic carbocycles. The second-order valence-corrected chi connectivity index (χ2v) is 8.48. The Morgan fingerprint density at radius 3 is 3.03 bits per heavy atom. The summed E-state index contributed by atoms with van der Waals surface area (Å²) in [4.78, 5) is 5.60. The van der Waals surface area contributed by atoms with Crippen molar-refractivity contribution < 1.29 is 4.74 Å². The molecule has 0 spiro atoms. The predicted octanol–water partition coefficient (Wildman–Crippen LogP) is 4.06. The van der Waals surface area contributed by atoms with Gasteiger partial charge < -0.3 is 10.1 Å². The van der Waals surface area contributed by atoms with Crippen LogP contribution in [0.2, 0.25) is 0 Å². The molecule has 0 amide bonds. The van der Waals surface area contributed by atoms with Crippen LogP contribution in [-0.4, -0.2) is 54.0 Å². The lowest BCUT2D eigenvalue weighted by Crippen LogP contribution is -2.51. The molecule has 0 bridgehead atoms. The zero-order chi connectivity index (χ0) is 20.3. The molecule has 2 aromatic rings. The number of nitrogens with zero attached hydrogens (tertiary/aromatic N) is 3. The van der Waals surface area contributed by atoms with Gasteiger partial charge in [0.15, 0.2) is 0 Å². The predicted molar refractivity (Wildman–Crippen MR) is 123 cm³/mol. The molecule has 5 nitrogen and oxygen atoms in total. The third-order valence-corrected chi connectivity index (χ3v) is 6.91. The van der Waals surface area contributed by atoms with E-state index in [0.717, 1.165) is 73.1 Å². The fraction of sp³-hybridized carbons (Fsp3) is 0.522. The van der Waals surface area contributed by atoms with Crippen LogP contribution in [0.3, 0.4) is 0 Å². The van der Waals surface area contributed by atoms with E-state index in [-0.39, 0.29) is 5.41 Å². The molecule has 0 radical (unpaired) electrons. The average molecular weight is 411 g/mol. The summed E-state index contributed by atoms with van der Waals surface area (Å²) in [5.74, 6) is 0. The highest BCUT2D eigenvalue weighted by molar-refractivity contribution is 7.80. The highest BCUT2D eigenvalue weighted by Gasteiger charge is 2.44. The van der Waals surface area contributed by atoms with Crippen LogP contribution in [0.25, 0.3) is 10.9 Å². The van der Waals surface area contributed by atoms with Crippen molar-refractivity contribution >= 4 is 33.8 Å². The van der Waals surface area contributed by atoms with Crippen molar-refractivity contribution in [2.75, 3.05) is 27.3 Å². The van der Waals surface area contributed by atoms with E-state index in [1.54, 1.807) is 7.11 Å². The van der Waals surface area contributed by atoms with Crippen molar-refractivity contribution in [2.45, 2.75) is 50.0 Å². The molecule has 1 unspecified atom stereocenters. The third kappa shape index (κ3) is 3.76. The molecule has 1 aliphatic heterocycles. The van der Waals surface area contributed by atoms with Gasteiger partial charge >= 0.3 is 0 Å². The number of hydrogen-bond acceptors (Lipinski definition) is 5. The number of hydrogen-bond donors (Lipinski definition) is 1. The minimum Gasteiger partial charge on any atom is -0.382 e. The highest BCUT2D eigenvalue weighted by atomic mass is 32.1. The topological polar surface area (TPSA) is 49.8 Å². The van der Waals surface area contributed by atoms with Crippen molar-refractivity contribution in [1.29, 1.82) is 0 Å². The van der Waals surface area contributed by atoms with Crippen LogP contribution in [0.5, 0.6) is 0 Å². The first kappa shape index (κ1) is 20.2. The normalized spacial score (nSPS) is 26.2. The maximum Gasteiger partial charge on any atom is 0.0916 e. The Kier molecular flexibility index (Phi) is 6.11. The minimum atomic E-state index is -0.389. The lowest BCUT2D eigenvalue weighted by molar-refractivity contribution is 0.117. The number of hydrazone groups is 1. The fourth-order valence-electron chi connectivity index (χ4n) is 4.85. The van der Waals surface area contributed by atoms with Gasteiger partial charge in [0.05, 0.1) is 34.3 Å². The molecular weight excluding hydrogens is 380 g/mol. The summed E-state index contributed by atoms with van der Waals surface area (Å²) < 4.78 is 5.44. The summed E-state index contributed by atoms with van der Waals surface area (Å²) in [6.45, 7) is 1.70. The van der Waals surface area contributed by atoms with Gasteiger partial charge in [-0.1, -0.05) is 36.8 Å². The molecule has 2 atom stereocenters. The molecule has 1 aliphatic carbocycles. The quantitative estimate of drug-likeness (QED) is 0.754. The number of nitrogens with one attached hydrogen (secondary N) is 1. The van der Waals surface area contributed by atoms with Gasteiger partial charge in [-0.3, -0.25) is 9.99 Å². The van der Waals surface area contributed by atoms with Gasteiger partial charge in [0.25, 0.3) is 0 Å². The Bertz CT molecular complexity index is 915. The average Bonchev–Trinajstić information content (AvgIpc) is 3.20. The van der Waals surface area contributed by atoms with E-state index in [4.69, 9.17) is 27.0 Å². The van der Waals surface area contributed by atoms with Crippen molar-refractivity contribution in [1.82, 2.24) is 15.3 Å². The number of ether oxygens (including phenoxy) is 1. The molecule has 2 heterocycles. The van der Waals surface area contributed by atoms with Crippen molar-refractivity contribution in [3.63, 3.8) is 0 Å². The zero-order valence-electron chi connectivity index (χ0n) is 17.4. The summed E-state index contributed by atoms with van der Waals surface area (Å²) >= 11 is 5.93. The van der Waals surface area contributed by atoms with E-state index < -0.39 is 0 Å². The van der Waals surface area contributed by atoms with Crippen LogP contribution in [0, 0.1) is 0 Å². The monoisotopic (exact) mass is 410 g/mol. The van der Waals surface area contributed by atoms with E-state index in [9.17, 15) is 0 Å². The van der Waals surface area contributed by atoms with E-state index in [1.807, 2.05) is 19.3 Å². The number of aromatic nitrogens is 1. The van der Waals surface area contributed by atoms with Gasteiger partial charge in [-0.05, 0) is 49.8 Å². The Labute approximate surface area is 178 Å². The van der Waals surface area contributed by atoms with Gasteiger partial charge in [-0.15, -0.1) is 0 Å². The molecule has 1 saturated carbocycles. The van der Waals surface area contributed by atoms with Crippen molar-refractivity contribution in [3.05, 3.63) is 42.1 Å². The minimum absolute atomic E-state index is 0.352. The van der Waals surface area contributed by atoms with Gasteiger partial charge in [-0.25, -0.2) is 0 Å². The van der Waals surface area contributed by atoms with Crippen LogP contribution in [-0.2, 0) is 10.2 Å². The molecule has 1 saturated heterocycles. The first-order valence-electron chi connectivity index (χ1n) is 10.6. The van der Waals surface area contributed by atoms with Crippen LogP contribution in [0.1, 0.15) is 44.1 Å². The molecule has 4 rings (SSSR count). The number of pyridine rings is 1. The largest absolute Gasteiger partial charge is 0.382 e. The lowest BCUT2D eigenvalue weighted by Gasteiger charge is -2.40. The molecule has 6 heteroatoms. The Morgan fingerprint density at radius 1 is 1.34 bits per heavy atom. The number of benzene rings is 1. The number of para-hydroxylation sites is 1. The Balaban J connectivity index is 1.81. The molecule has 2 aliphatic rings. The van der Waals surface area contributed by atoms with Gasteiger partial charge in [0.2, 0.25) is 0 Å². The maximum absolute atomic E-state index is 5.93. The summed E-state index contributed by atoms with van der Waals surface area (Å²) in [5, 5.41) is 11.9. The van der Waals surface area contributed by atoms with Crippen molar-refractivity contribution in [3.8, 4) is 0 Å². The number of thiocarbonyl (C=S) groups is 1. The molecule has 29 heavy (non-hydrogen) atoms. The van der Waals surface area contributed by atoms with E-state index in [1.165, 1.54) is 5.71 Å². The van der Waals surface area contributed by atoms with Crippen LogP contribution in [0.15, 0.2) is 41.6 Å². The van der Waals surface area contributed by atoms with Crippen LogP contribution in [0.4, 0.5) is 0 Å². The zero-order valence-corrected chi connectivity index (χ0v) is 18.2. The summed E-state index contributed by atoms with van der Waals surface area (Å²) in [6, 6.07) is 10.9. The van der Waals surface area contributed by atoms with Gasteiger partial charge in [-0.2, -0.15) is 5.10 Å². The highest BCUT2D eigenvalue weighted by Crippen LogP contribution is 2.40. The van der Waals surface area contributed by atoms with Gasteiger partial charge in [0, 0.05) is 32.3 Å². The summed E-state index contributed by atoms with van der Waals surface area (Å²) in [6.07, 6.45) is 8.51. The number of likely N-dealkylation sites (N-methyl/N-ethyl adjacent to an activating group) is 1. The Hall–Kier alpha value is -2.05. The Morgan fingerprint density at radius 2 is 2.21 bits per heavy atom. The van der Waals surface area contributed by atoms with Crippen LogP contribution < -0.4 is 5.32 Å². The first-order chi connectivity index (χ1) is 14.2. The smallest absolute Gasteiger partial charge is 0.0916 e. The van der Waals surface area contributed by atoms with Crippen LogP contribution >= 0.6 is 12.2 Å². The molecule has 1 aromatic heterocycles. The van der Waals surface area contributed by atoms with E-state index in [2.05, 4.69) is 34.6 Å². The molecular formula is C23H30N4OS. The fourth-order valence-corrected chi connectivity index (χ4v) is 5.19. The standard InChI is InChI=1S/C23H30N4OS/c1-24-22(29)23(18-14-17-8-3-4-10-20(17)25-15-18)12-6-5-11-21(23)26-27-13-7-9-19(27)16-28-2/h3-4,8,10,14-15,19H,5-7,9,11-13,16H2,1-2H3,(H,24,29)/t19-,23?/m0/s1. The van der Waals surface area contributed by atoms with E-state index in [0.29, 0.717) is 6.04 Å². The second kappa shape index (κ2) is 8.76. The second-order valence-electron chi connectivity index (χ2n) is 8.07. The third-order valence-electron chi connectivity index (χ3n) is 6.36. The lowest BCUT2D eigenvalue weighted by atomic mass is 9.68. The summed E-state index contributed by atoms with van der Waals surface area (Å²) in [5.41, 5.74) is 2.94. The van der Waals surface area contributed by atoms with E-state index >= 15 is 0 Å². The maximum atomic E-state index is 5.93. The molecule has 154 valence electrons. The number of methoxy groups -OCH3 is 1. The van der Waals surface area contributed by atoms with Crippen molar-refractivity contribution in [2.24, 2.45) is 5.10 Å². The molecule has 1 N–H and O–H groups in total. The first-order valence-corrected chi connectivity index (χ1v) is 11.0. The number of fused-ring (bicyclic) bond motifs is 1. The number of rotatable bonds is 5.